The molecule has 1 saturated heterocycles. The number of aryl methyl sites for hydroxylation is 1. The van der Waals surface area contributed by atoms with Gasteiger partial charge in [-0.05, 0) is 78.7 Å². The lowest BCUT2D eigenvalue weighted by atomic mass is 10.1. The first-order chi connectivity index (χ1) is 17.6. The fourth-order valence-electron chi connectivity index (χ4n) is 3.52. The van der Waals surface area contributed by atoms with Gasteiger partial charge in [-0.25, -0.2) is 4.99 Å². The van der Waals surface area contributed by atoms with Gasteiger partial charge in [0.05, 0.1) is 27.6 Å². The van der Waals surface area contributed by atoms with Crippen molar-refractivity contribution in [3.63, 3.8) is 0 Å². The van der Waals surface area contributed by atoms with Gasteiger partial charge >= 0.3 is 0 Å². The standard InChI is InChI=1S/C26H21Cl2N3O5S/c1-14-8-19(12-21(15(14)2)31(33)34)29-26-30-25(32)23(37-26)11-17-9-20(28)24(22(10-17)35-3)36-13-16-4-6-18(27)7-5-16/h4-12H,13H2,1-3H3,(H,29,30,32)/b23-11-. The Labute approximate surface area is 227 Å². The summed E-state index contributed by atoms with van der Waals surface area (Å²) < 4.78 is 11.4. The molecule has 0 saturated carbocycles. The number of hydrogen-bond acceptors (Lipinski definition) is 7. The first-order valence-corrected chi connectivity index (χ1v) is 12.5. The third-order valence-corrected chi connectivity index (χ3v) is 6.99. The predicted octanol–water partition coefficient (Wildman–Crippen LogP) is 7.00. The molecule has 1 amide bonds. The number of amidine groups is 1. The van der Waals surface area contributed by atoms with Crippen LogP contribution in [0.5, 0.6) is 11.5 Å². The van der Waals surface area contributed by atoms with Crippen molar-refractivity contribution >= 4 is 63.5 Å². The van der Waals surface area contributed by atoms with Crippen molar-refractivity contribution in [2.75, 3.05) is 7.11 Å². The van der Waals surface area contributed by atoms with E-state index in [0.717, 1.165) is 22.9 Å². The van der Waals surface area contributed by atoms with Crippen LogP contribution in [-0.4, -0.2) is 23.1 Å². The van der Waals surface area contributed by atoms with Crippen LogP contribution in [0.4, 0.5) is 11.4 Å². The Morgan fingerprint density at radius 1 is 1.14 bits per heavy atom. The van der Waals surface area contributed by atoms with E-state index in [1.54, 1.807) is 50.3 Å². The molecule has 4 rings (SSSR count). The second-order valence-corrected chi connectivity index (χ2v) is 9.97. The molecule has 0 atom stereocenters. The van der Waals surface area contributed by atoms with E-state index in [0.29, 0.717) is 48.4 Å². The summed E-state index contributed by atoms with van der Waals surface area (Å²) in [5.74, 6) is 0.441. The van der Waals surface area contributed by atoms with Gasteiger partial charge in [-0.15, -0.1) is 0 Å². The molecule has 1 aliphatic rings. The van der Waals surface area contributed by atoms with Gasteiger partial charge in [0.2, 0.25) is 0 Å². The van der Waals surface area contributed by atoms with Crippen LogP contribution < -0.4 is 14.8 Å². The lowest BCUT2D eigenvalue weighted by molar-refractivity contribution is -0.385. The molecule has 0 aromatic heterocycles. The molecule has 0 radical (unpaired) electrons. The zero-order valence-electron chi connectivity index (χ0n) is 20.0. The van der Waals surface area contributed by atoms with Gasteiger partial charge < -0.3 is 14.8 Å². The molecule has 0 spiro atoms. The topological polar surface area (TPSA) is 103 Å². The smallest absolute Gasteiger partial charge is 0.274 e. The van der Waals surface area contributed by atoms with E-state index in [1.807, 2.05) is 12.1 Å². The number of carbonyl (C=O) groups is 1. The zero-order chi connectivity index (χ0) is 26.7. The second-order valence-electron chi connectivity index (χ2n) is 8.09. The van der Waals surface area contributed by atoms with Gasteiger partial charge in [-0.1, -0.05) is 35.3 Å². The normalized spacial score (nSPS) is 15.2. The molecule has 190 valence electrons. The molecule has 37 heavy (non-hydrogen) atoms. The largest absolute Gasteiger partial charge is 0.493 e. The number of rotatable bonds is 7. The molecule has 1 aliphatic heterocycles. The molecule has 11 heteroatoms. The van der Waals surface area contributed by atoms with E-state index in [2.05, 4.69) is 10.3 Å². The highest BCUT2D eigenvalue weighted by atomic mass is 35.5. The van der Waals surface area contributed by atoms with E-state index in [9.17, 15) is 14.9 Å². The zero-order valence-corrected chi connectivity index (χ0v) is 22.3. The highest BCUT2D eigenvalue weighted by Gasteiger charge is 2.25. The maximum atomic E-state index is 12.6. The van der Waals surface area contributed by atoms with Crippen molar-refractivity contribution in [2.45, 2.75) is 20.5 Å². The van der Waals surface area contributed by atoms with Gasteiger partial charge in [0.25, 0.3) is 11.6 Å². The number of nitro groups is 1. The second kappa shape index (κ2) is 11.2. The summed E-state index contributed by atoms with van der Waals surface area (Å²) in [6.45, 7) is 3.73. The number of nitrogens with zero attached hydrogens (tertiary/aromatic N) is 2. The summed E-state index contributed by atoms with van der Waals surface area (Å²) in [6, 6.07) is 13.8. The minimum atomic E-state index is -0.447. The van der Waals surface area contributed by atoms with Crippen LogP contribution in [0.25, 0.3) is 6.08 Å². The minimum absolute atomic E-state index is 0.0236. The van der Waals surface area contributed by atoms with Crippen molar-refractivity contribution in [2.24, 2.45) is 4.99 Å². The maximum Gasteiger partial charge on any atom is 0.274 e. The van der Waals surface area contributed by atoms with Gasteiger partial charge in [0, 0.05) is 16.7 Å². The number of amides is 1. The van der Waals surface area contributed by atoms with E-state index < -0.39 is 4.92 Å². The number of ether oxygens (including phenoxy) is 2. The van der Waals surface area contributed by atoms with Crippen LogP contribution in [-0.2, 0) is 11.4 Å². The number of benzene rings is 3. The van der Waals surface area contributed by atoms with Gasteiger partial charge in [-0.2, -0.15) is 0 Å². The Morgan fingerprint density at radius 3 is 2.54 bits per heavy atom. The third-order valence-electron chi connectivity index (χ3n) is 5.55. The summed E-state index contributed by atoms with van der Waals surface area (Å²) in [6.07, 6.45) is 1.66. The Hall–Kier alpha value is -3.53. The number of hydrogen-bond donors (Lipinski definition) is 1. The fraction of sp³-hybridized carbons (Fsp3) is 0.154. The summed E-state index contributed by atoms with van der Waals surface area (Å²) in [5.41, 5.74) is 3.20. The quantitative estimate of drug-likeness (QED) is 0.190. The number of halogens is 2. The maximum absolute atomic E-state index is 12.6. The molecule has 0 bridgehead atoms. The number of aliphatic imine (C=N–C) groups is 1. The number of nitrogens with one attached hydrogen (secondary N) is 1. The van der Waals surface area contributed by atoms with Crippen molar-refractivity contribution in [3.05, 3.63) is 95.8 Å². The average Bonchev–Trinajstić information content (AvgIpc) is 3.19. The number of thioether (sulfide) groups is 1. The molecule has 1 fully saturated rings. The molecule has 3 aromatic rings. The van der Waals surface area contributed by atoms with Crippen LogP contribution >= 0.6 is 35.0 Å². The number of carbonyl (C=O) groups excluding carboxylic acids is 1. The lowest BCUT2D eigenvalue weighted by Crippen LogP contribution is -2.19. The van der Waals surface area contributed by atoms with Crippen LogP contribution in [0.2, 0.25) is 10.0 Å². The van der Waals surface area contributed by atoms with Crippen molar-refractivity contribution in [1.29, 1.82) is 0 Å². The first-order valence-electron chi connectivity index (χ1n) is 10.9. The van der Waals surface area contributed by atoms with Crippen molar-refractivity contribution < 1.29 is 19.2 Å². The first kappa shape index (κ1) is 26.5. The SMILES string of the molecule is COc1cc(/C=C2\SC(=Nc3cc(C)c(C)c([N+](=O)[O-])c3)NC2=O)cc(Cl)c1OCc1ccc(Cl)cc1. The molecule has 0 unspecified atom stereocenters. The number of methoxy groups -OCH3 is 1. The van der Waals surface area contributed by atoms with Gasteiger partial charge in [-0.3, -0.25) is 14.9 Å². The molecule has 1 heterocycles. The highest BCUT2D eigenvalue weighted by Crippen LogP contribution is 2.39. The third kappa shape index (κ3) is 6.25. The van der Waals surface area contributed by atoms with Gasteiger partial charge in [0.15, 0.2) is 16.7 Å². The molecule has 8 nitrogen and oxygen atoms in total. The Bertz CT molecular complexity index is 1460. The molecule has 0 aliphatic carbocycles. The van der Waals surface area contributed by atoms with Crippen LogP contribution in [0.15, 0.2) is 58.4 Å². The lowest BCUT2D eigenvalue weighted by Gasteiger charge is -2.13. The average molecular weight is 558 g/mol. The highest BCUT2D eigenvalue weighted by molar-refractivity contribution is 8.18. The van der Waals surface area contributed by atoms with Gasteiger partial charge in [0.1, 0.15) is 6.61 Å². The minimum Gasteiger partial charge on any atom is -0.493 e. The molecular formula is C26H21Cl2N3O5S. The molecule has 1 N–H and O–H groups in total. The fourth-order valence-corrected chi connectivity index (χ4v) is 4.77. The van der Waals surface area contributed by atoms with E-state index in [1.165, 1.54) is 13.2 Å². The monoisotopic (exact) mass is 557 g/mol. The van der Waals surface area contributed by atoms with E-state index in [-0.39, 0.29) is 18.2 Å². The summed E-state index contributed by atoms with van der Waals surface area (Å²) >= 11 is 13.5. The van der Waals surface area contributed by atoms with Crippen LogP contribution in [0.1, 0.15) is 22.3 Å². The van der Waals surface area contributed by atoms with E-state index in [4.69, 9.17) is 32.7 Å². The molecule has 3 aromatic carbocycles. The van der Waals surface area contributed by atoms with Crippen molar-refractivity contribution in [1.82, 2.24) is 5.32 Å². The summed E-state index contributed by atoms with van der Waals surface area (Å²) in [4.78, 5) is 28.2. The Balaban J connectivity index is 1.55. The van der Waals surface area contributed by atoms with Crippen LogP contribution in [0.3, 0.4) is 0 Å². The van der Waals surface area contributed by atoms with E-state index >= 15 is 0 Å². The summed E-state index contributed by atoms with van der Waals surface area (Å²) in [5, 5.41) is 15.3. The predicted molar refractivity (Wildman–Crippen MR) is 147 cm³/mol. The number of nitro benzene ring substituents is 1. The molecular weight excluding hydrogens is 537 g/mol. The Kier molecular flexibility index (Phi) is 8.06. The van der Waals surface area contributed by atoms with Crippen LogP contribution in [0, 0.1) is 24.0 Å². The van der Waals surface area contributed by atoms with Crippen molar-refractivity contribution in [3.8, 4) is 11.5 Å². The summed E-state index contributed by atoms with van der Waals surface area (Å²) in [7, 11) is 1.50. The Morgan fingerprint density at radius 2 is 1.86 bits per heavy atom.